The molecule has 2 aromatic carbocycles. The van der Waals surface area contributed by atoms with E-state index in [9.17, 15) is 9.59 Å². The molecule has 1 unspecified atom stereocenters. The molecule has 0 aliphatic carbocycles. The van der Waals surface area contributed by atoms with Crippen LogP contribution in [0.1, 0.15) is 0 Å². The Bertz CT molecular complexity index is 1140. The quantitative estimate of drug-likeness (QED) is 0.611. The number of para-hydroxylation sites is 3. The minimum Gasteiger partial charge on any atom is -0.485 e. The molecule has 9 heteroatoms. The second-order valence-corrected chi connectivity index (χ2v) is 7.36. The van der Waals surface area contributed by atoms with Crippen LogP contribution in [0, 0.1) is 0 Å². The van der Waals surface area contributed by atoms with E-state index in [1.165, 1.54) is 18.4 Å². The van der Waals surface area contributed by atoms with E-state index >= 15 is 0 Å². The van der Waals surface area contributed by atoms with E-state index in [2.05, 4.69) is 4.99 Å². The summed E-state index contributed by atoms with van der Waals surface area (Å²) in [4.78, 5) is 29.1. The summed E-state index contributed by atoms with van der Waals surface area (Å²) in [6.07, 6.45) is -0.873. The van der Waals surface area contributed by atoms with Crippen molar-refractivity contribution in [3.05, 3.63) is 52.3 Å². The Labute approximate surface area is 168 Å². The third-order valence-corrected chi connectivity index (χ3v) is 5.51. The Hall–Kier alpha value is -2.84. The molecular formula is C19H15ClN2O5S. The number of hydrogen-bond donors (Lipinski definition) is 0. The predicted octanol–water partition coefficient (Wildman–Crippen LogP) is 2.80. The summed E-state index contributed by atoms with van der Waals surface area (Å²) in [5, 5.41) is 0.456. The number of carbonyl (C=O) groups excluding carboxylic acids is 2. The Morgan fingerprint density at radius 1 is 1.25 bits per heavy atom. The Balaban J connectivity index is 1.73. The number of esters is 1. The molecule has 0 saturated heterocycles. The van der Waals surface area contributed by atoms with Crippen molar-refractivity contribution in [1.82, 2.24) is 4.57 Å². The van der Waals surface area contributed by atoms with Gasteiger partial charge < -0.3 is 18.8 Å². The van der Waals surface area contributed by atoms with Crippen LogP contribution < -0.4 is 14.3 Å². The van der Waals surface area contributed by atoms with Crippen molar-refractivity contribution in [1.29, 1.82) is 0 Å². The maximum absolute atomic E-state index is 12.7. The van der Waals surface area contributed by atoms with Gasteiger partial charge in [-0.05, 0) is 24.3 Å². The lowest BCUT2D eigenvalue weighted by Gasteiger charge is -2.23. The average Bonchev–Trinajstić information content (AvgIpc) is 3.05. The van der Waals surface area contributed by atoms with Crippen molar-refractivity contribution < 1.29 is 23.8 Å². The molecule has 3 aromatic rings. The van der Waals surface area contributed by atoms with Gasteiger partial charge in [0.2, 0.25) is 6.10 Å². The fourth-order valence-electron chi connectivity index (χ4n) is 2.82. The zero-order chi connectivity index (χ0) is 19.7. The van der Waals surface area contributed by atoms with Crippen LogP contribution in [-0.2, 0) is 20.9 Å². The highest BCUT2D eigenvalue weighted by molar-refractivity contribution is 7.16. The molecule has 0 saturated carbocycles. The highest BCUT2D eigenvalue weighted by Crippen LogP contribution is 2.31. The maximum atomic E-state index is 12.7. The number of ether oxygens (including phenoxy) is 3. The largest absolute Gasteiger partial charge is 0.485 e. The van der Waals surface area contributed by atoms with Crippen LogP contribution in [0.5, 0.6) is 11.5 Å². The first-order valence-corrected chi connectivity index (χ1v) is 9.58. The standard InChI is InChI=1S/C19H15ClN2O5S/c1-25-16(23)9-22-17-11(20)5-4-8-15(17)28-19(22)21-18(24)14-10-26-12-6-2-3-7-13(12)27-14/h2-8,14H,9-10H2,1H3. The first-order chi connectivity index (χ1) is 13.6. The molecule has 0 N–H and O–H groups in total. The van der Waals surface area contributed by atoms with Gasteiger partial charge in [0.25, 0.3) is 5.91 Å². The third kappa shape index (κ3) is 3.48. The monoisotopic (exact) mass is 418 g/mol. The number of hydrogen-bond acceptors (Lipinski definition) is 6. The van der Waals surface area contributed by atoms with Crippen LogP contribution in [0.4, 0.5) is 0 Å². The Morgan fingerprint density at radius 2 is 2.04 bits per heavy atom. The topological polar surface area (TPSA) is 79.1 Å². The fourth-order valence-corrected chi connectivity index (χ4v) is 4.21. The lowest BCUT2D eigenvalue weighted by atomic mass is 10.2. The first-order valence-electron chi connectivity index (χ1n) is 8.38. The van der Waals surface area contributed by atoms with E-state index in [0.717, 1.165) is 4.70 Å². The molecule has 1 amide bonds. The van der Waals surface area contributed by atoms with Gasteiger partial charge in [0.1, 0.15) is 13.2 Å². The number of halogens is 1. The van der Waals surface area contributed by atoms with E-state index in [0.29, 0.717) is 26.8 Å². The number of methoxy groups -OCH3 is 1. The van der Waals surface area contributed by atoms with E-state index < -0.39 is 18.0 Å². The van der Waals surface area contributed by atoms with Crippen LogP contribution in [-0.4, -0.2) is 36.3 Å². The number of thiazole rings is 1. The summed E-state index contributed by atoms with van der Waals surface area (Å²) in [5.41, 5.74) is 0.622. The molecule has 0 spiro atoms. The second kappa shape index (κ2) is 7.65. The summed E-state index contributed by atoms with van der Waals surface area (Å²) < 4.78 is 18.4. The first kappa shape index (κ1) is 18.5. The van der Waals surface area contributed by atoms with Crippen molar-refractivity contribution in [3.63, 3.8) is 0 Å². The lowest BCUT2D eigenvalue weighted by molar-refractivity contribution is -0.141. The maximum Gasteiger partial charge on any atom is 0.325 e. The summed E-state index contributed by atoms with van der Waals surface area (Å²) in [7, 11) is 1.30. The molecule has 0 radical (unpaired) electrons. The summed E-state index contributed by atoms with van der Waals surface area (Å²) in [6.45, 7) is -0.0563. The van der Waals surface area contributed by atoms with E-state index in [1.807, 2.05) is 12.1 Å². The predicted molar refractivity (Wildman–Crippen MR) is 104 cm³/mol. The van der Waals surface area contributed by atoms with Gasteiger partial charge in [-0.15, -0.1) is 0 Å². The molecule has 1 aliphatic rings. The van der Waals surface area contributed by atoms with Gasteiger partial charge in [-0.2, -0.15) is 4.99 Å². The smallest absolute Gasteiger partial charge is 0.325 e. The molecular weight excluding hydrogens is 404 g/mol. The van der Waals surface area contributed by atoms with Crippen molar-refractivity contribution >= 4 is 45.0 Å². The molecule has 1 aliphatic heterocycles. The molecule has 1 aromatic heterocycles. The molecule has 144 valence electrons. The number of carbonyl (C=O) groups is 2. The van der Waals surface area contributed by atoms with Crippen LogP contribution >= 0.6 is 22.9 Å². The number of amides is 1. The van der Waals surface area contributed by atoms with Gasteiger partial charge in [0, 0.05) is 0 Å². The van der Waals surface area contributed by atoms with Gasteiger partial charge >= 0.3 is 5.97 Å². The molecule has 28 heavy (non-hydrogen) atoms. The Kier molecular flexibility index (Phi) is 5.06. The van der Waals surface area contributed by atoms with Crippen molar-refractivity contribution in [2.24, 2.45) is 4.99 Å². The zero-order valence-corrected chi connectivity index (χ0v) is 16.3. The van der Waals surface area contributed by atoms with Crippen molar-refractivity contribution in [2.45, 2.75) is 12.6 Å². The van der Waals surface area contributed by atoms with E-state index in [4.69, 9.17) is 25.8 Å². The molecule has 4 rings (SSSR count). The highest BCUT2D eigenvalue weighted by Gasteiger charge is 2.27. The van der Waals surface area contributed by atoms with Crippen LogP contribution in [0.25, 0.3) is 10.2 Å². The van der Waals surface area contributed by atoms with Gasteiger partial charge in [0.05, 0.1) is 22.3 Å². The summed E-state index contributed by atoms with van der Waals surface area (Å²) in [6, 6.07) is 12.5. The van der Waals surface area contributed by atoms with Gasteiger partial charge in [-0.3, -0.25) is 9.59 Å². The fraction of sp³-hybridized carbons (Fsp3) is 0.211. The summed E-state index contributed by atoms with van der Waals surface area (Å²) >= 11 is 7.56. The van der Waals surface area contributed by atoms with Crippen LogP contribution in [0.3, 0.4) is 0 Å². The lowest BCUT2D eigenvalue weighted by Crippen LogP contribution is -2.37. The summed E-state index contributed by atoms with van der Waals surface area (Å²) in [5.74, 6) is 0.0977. The number of aromatic nitrogens is 1. The number of rotatable bonds is 3. The van der Waals surface area contributed by atoms with Gasteiger partial charge in [-0.25, -0.2) is 0 Å². The minimum atomic E-state index is -0.873. The molecule has 0 fully saturated rings. The second-order valence-electron chi connectivity index (χ2n) is 5.95. The third-order valence-electron chi connectivity index (χ3n) is 4.16. The van der Waals surface area contributed by atoms with Crippen molar-refractivity contribution in [3.8, 4) is 11.5 Å². The number of fused-ring (bicyclic) bond motifs is 2. The normalized spacial score (nSPS) is 16.2. The van der Waals surface area contributed by atoms with Gasteiger partial charge in [-0.1, -0.05) is 41.1 Å². The highest BCUT2D eigenvalue weighted by atomic mass is 35.5. The number of benzene rings is 2. The molecule has 1 atom stereocenters. The SMILES string of the molecule is COC(=O)Cn1c(=NC(=O)C2COc3ccccc3O2)sc2cccc(Cl)c21. The molecule has 7 nitrogen and oxygen atoms in total. The number of nitrogens with zero attached hydrogens (tertiary/aromatic N) is 2. The zero-order valence-electron chi connectivity index (χ0n) is 14.8. The van der Waals surface area contributed by atoms with Gasteiger partial charge in [0.15, 0.2) is 16.3 Å². The Morgan fingerprint density at radius 3 is 2.82 bits per heavy atom. The molecule has 2 heterocycles. The van der Waals surface area contributed by atoms with E-state index in [-0.39, 0.29) is 13.2 Å². The molecule has 0 bridgehead atoms. The minimum absolute atomic E-state index is 0.0575. The van der Waals surface area contributed by atoms with Crippen LogP contribution in [0.2, 0.25) is 5.02 Å². The van der Waals surface area contributed by atoms with Crippen LogP contribution in [0.15, 0.2) is 47.5 Å². The van der Waals surface area contributed by atoms with Crippen molar-refractivity contribution in [2.75, 3.05) is 13.7 Å². The van der Waals surface area contributed by atoms with E-state index in [1.54, 1.807) is 34.9 Å². The average molecular weight is 419 g/mol.